The van der Waals surface area contributed by atoms with E-state index in [0.29, 0.717) is 23.7 Å². The molecule has 4 heterocycles. The molecule has 160 valence electrons. The van der Waals surface area contributed by atoms with Crippen LogP contribution in [0.2, 0.25) is 0 Å². The zero-order valence-electron chi connectivity index (χ0n) is 17.7. The predicted molar refractivity (Wildman–Crippen MR) is 113 cm³/mol. The molecule has 2 aromatic heterocycles. The van der Waals surface area contributed by atoms with Crippen molar-refractivity contribution in [2.75, 3.05) is 26.2 Å². The minimum absolute atomic E-state index is 0.0224. The molecule has 2 amide bonds. The van der Waals surface area contributed by atoms with Crippen LogP contribution in [0.15, 0.2) is 24.7 Å². The predicted octanol–water partition coefficient (Wildman–Crippen LogP) is 1.27. The summed E-state index contributed by atoms with van der Waals surface area (Å²) in [6.45, 7) is 8.00. The third-order valence-corrected chi connectivity index (χ3v) is 5.71. The van der Waals surface area contributed by atoms with E-state index >= 15 is 0 Å². The minimum atomic E-state index is -0.0997. The molecule has 4 rings (SSSR count). The molecule has 8 nitrogen and oxygen atoms in total. The Balaban J connectivity index is 1.37. The van der Waals surface area contributed by atoms with Gasteiger partial charge in [-0.1, -0.05) is 0 Å². The van der Waals surface area contributed by atoms with Crippen LogP contribution in [0.25, 0.3) is 0 Å². The van der Waals surface area contributed by atoms with Crippen LogP contribution in [0.4, 0.5) is 0 Å². The van der Waals surface area contributed by atoms with Crippen LogP contribution in [0.1, 0.15) is 52.5 Å². The number of hydrogen-bond acceptors (Lipinski definition) is 5. The van der Waals surface area contributed by atoms with Gasteiger partial charge in [0.1, 0.15) is 11.5 Å². The number of imidazole rings is 1. The lowest BCUT2D eigenvalue weighted by Crippen LogP contribution is -2.30. The molecular weight excluding hydrogens is 380 g/mol. The number of pyridine rings is 1. The van der Waals surface area contributed by atoms with Gasteiger partial charge in [0, 0.05) is 63.8 Å². The van der Waals surface area contributed by atoms with Crippen molar-refractivity contribution in [3.63, 3.8) is 0 Å². The van der Waals surface area contributed by atoms with Crippen molar-refractivity contribution < 1.29 is 9.59 Å². The highest BCUT2D eigenvalue weighted by Crippen LogP contribution is 2.23. The molecule has 0 aromatic carbocycles. The Morgan fingerprint density at radius 3 is 2.97 bits per heavy atom. The number of carbonyl (C=O) groups excluding carboxylic acids is 2. The summed E-state index contributed by atoms with van der Waals surface area (Å²) < 4.78 is 2.10. The van der Waals surface area contributed by atoms with E-state index in [1.54, 1.807) is 6.20 Å². The molecule has 0 radical (unpaired) electrons. The van der Waals surface area contributed by atoms with Gasteiger partial charge in [-0.3, -0.25) is 14.6 Å². The number of aromatic nitrogens is 3. The molecule has 1 atom stereocenters. The first-order chi connectivity index (χ1) is 14.5. The minimum Gasteiger partial charge on any atom is -0.350 e. The van der Waals surface area contributed by atoms with Gasteiger partial charge < -0.3 is 20.1 Å². The zero-order chi connectivity index (χ0) is 21.1. The third-order valence-electron chi connectivity index (χ3n) is 5.71. The lowest BCUT2D eigenvalue weighted by atomic mass is 9.99. The summed E-state index contributed by atoms with van der Waals surface area (Å²) in [7, 11) is 0. The number of hydrogen-bond donors (Lipinski definition) is 2. The first-order valence-electron chi connectivity index (χ1n) is 10.8. The standard InChI is InChI=1S/C22H30N6O2/c1-15(2)25-21(29)18-10-17(11-24-12-18)9-16-4-7-28(13-16)22(30)19-14-27-8-6-23-5-3-20(27)26-19/h10-12,14-16,23H,3-9,13H2,1-2H3,(H,25,29). The van der Waals surface area contributed by atoms with E-state index in [1.165, 1.54) is 0 Å². The summed E-state index contributed by atoms with van der Waals surface area (Å²) in [5.74, 6) is 1.28. The van der Waals surface area contributed by atoms with Gasteiger partial charge in [0.15, 0.2) is 0 Å². The maximum atomic E-state index is 13.0. The van der Waals surface area contributed by atoms with E-state index in [-0.39, 0.29) is 17.9 Å². The van der Waals surface area contributed by atoms with Gasteiger partial charge in [0.05, 0.1) is 5.56 Å². The average molecular weight is 411 g/mol. The molecule has 2 N–H and O–H groups in total. The molecule has 2 aliphatic rings. The Morgan fingerprint density at radius 2 is 2.13 bits per heavy atom. The monoisotopic (exact) mass is 410 g/mol. The van der Waals surface area contributed by atoms with Gasteiger partial charge in [0.2, 0.25) is 0 Å². The lowest BCUT2D eigenvalue weighted by molar-refractivity contribution is 0.0781. The van der Waals surface area contributed by atoms with E-state index in [0.717, 1.165) is 56.8 Å². The van der Waals surface area contributed by atoms with Crippen LogP contribution in [-0.4, -0.2) is 63.5 Å². The van der Waals surface area contributed by atoms with Crippen molar-refractivity contribution in [3.05, 3.63) is 47.3 Å². The number of carbonyl (C=O) groups is 2. The Labute approximate surface area is 177 Å². The van der Waals surface area contributed by atoms with E-state index in [1.807, 2.05) is 37.2 Å². The number of nitrogens with zero attached hydrogens (tertiary/aromatic N) is 4. The van der Waals surface area contributed by atoms with E-state index in [4.69, 9.17) is 0 Å². The number of amides is 2. The molecule has 0 bridgehead atoms. The summed E-state index contributed by atoms with van der Waals surface area (Å²) in [5, 5.41) is 6.25. The largest absolute Gasteiger partial charge is 0.350 e. The highest BCUT2D eigenvalue weighted by molar-refractivity contribution is 5.94. The van der Waals surface area contributed by atoms with E-state index in [9.17, 15) is 9.59 Å². The van der Waals surface area contributed by atoms with Crippen molar-refractivity contribution >= 4 is 11.8 Å². The Kier molecular flexibility index (Phi) is 6.13. The Hall–Kier alpha value is -2.74. The summed E-state index contributed by atoms with van der Waals surface area (Å²) in [6, 6.07) is 2.00. The first-order valence-corrected chi connectivity index (χ1v) is 10.8. The average Bonchev–Trinajstić information content (AvgIpc) is 3.29. The summed E-state index contributed by atoms with van der Waals surface area (Å²) in [4.78, 5) is 35.9. The molecule has 0 saturated carbocycles. The number of likely N-dealkylation sites (tertiary alicyclic amines) is 1. The molecule has 0 aliphatic carbocycles. The number of rotatable bonds is 5. The second-order valence-electron chi connectivity index (χ2n) is 8.56. The maximum Gasteiger partial charge on any atom is 0.274 e. The molecule has 30 heavy (non-hydrogen) atoms. The normalized spacial score (nSPS) is 18.9. The smallest absolute Gasteiger partial charge is 0.274 e. The van der Waals surface area contributed by atoms with Crippen LogP contribution in [0.3, 0.4) is 0 Å². The van der Waals surface area contributed by atoms with Crippen LogP contribution >= 0.6 is 0 Å². The van der Waals surface area contributed by atoms with Gasteiger partial charge in [-0.15, -0.1) is 0 Å². The second-order valence-corrected chi connectivity index (χ2v) is 8.56. The fraction of sp³-hybridized carbons (Fsp3) is 0.545. The van der Waals surface area contributed by atoms with Crippen molar-refractivity contribution in [2.45, 2.75) is 45.7 Å². The van der Waals surface area contributed by atoms with Crippen LogP contribution in [-0.2, 0) is 19.4 Å². The SMILES string of the molecule is CC(C)NC(=O)c1cncc(CC2CCN(C(=O)c3cn4c(n3)CCNCC4)C2)c1. The first kappa shape index (κ1) is 20.5. The quantitative estimate of drug-likeness (QED) is 0.774. The fourth-order valence-corrected chi connectivity index (χ4v) is 4.22. The van der Waals surface area contributed by atoms with Gasteiger partial charge in [-0.25, -0.2) is 4.98 Å². The second kappa shape index (κ2) is 8.95. The Morgan fingerprint density at radius 1 is 1.27 bits per heavy atom. The number of fused-ring (bicyclic) bond motifs is 1. The van der Waals surface area contributed by atoms with Gasteiger partial charge in [0.25, 0.3) is 11.8 Å². The van der Waals surface area contributed by atoms with Crippen molar-refractivity contribution in [1.82, 2.24) is 30.1 Å². The van der Waals surface area contributed by atoms with Crippen molar-refractivity contribution in [3.8, 4) is 0 Å². The summed E-state index contributed by atoms with van der Waals surface area (Å²) >= 11 is 0. The Bertz CT molecular complexity index is 899. The fourth-order valence-electron chi connectivity index (χ4n) is 4.22. The molecule has 1 fully saturated rings. The lowest BCUT2D eigenvalue weighted by Gasteiger charge is -2.15. The maximum absolute atomic E-state index is 13.0. The molecule has 8 heteroatoms. The molecular formula is C22H30N6O2. The topological polar surface area (TPSA) is 92.2 Å². The van der Waals surface area contributed by atoms with Crippen LogP contribution < -0.4 is 10.6 Å². The van der Waals surface area contributed by atoms with Gasteiger partial charge >= 0.3 is 0 Å². The third kappa shape index (κ3) is 4.70. The van der Waals surface area contributed by atoms with Gasteiger partial charge in [-0.05, 0) is 44.2 Å². The highest BCUT2D eigenvalue weighted by atomic mass is 16.2. The van der Waals surface area contributed by atoms with E-state index < -0.39 is 0 Å². The van der Waals surface area contributed by atoms with Crippen LogP contribution in [0, 0.1) is 5.92 Å². The summed E-state index contributed by atoms with van der Waals surface area (Å²) in [6.07, 6.45) is 7.93. The van der Waals surface area contributed by atoms with Crippen molar-refractivity contribution in [2.24, 2.45) is 5.92 Å². The molecule has 1 unspecified atom stereocenters. The van der Waals surface area contributed by atoms with Crippen molar-refractivity contribution in [1.29, 1.82) is 0 Å². The molecule has 0 spiro atoms. The number of nitrogens with one attached hydrogen (secondary N) is 2. The molecule has 2 aromatic rings. The zero-order valence-corrected chi connectivity index (χ0v) is 17.7. The summed E-state index contributed by atoms with van der Waals surface area (Å²) in [5.41, 5.74) is 2.18. The van der Waals surface area contributed by atoms with Gasteiger partial charge in [-0.2, -0.15) is 0 Å². The molecule has 1 saturated heterocycles. The van der Waals surface area contributed by atoms with Crippen LogP contribution in [0.5, 0.6) is 0 Å². The molecule has 2 aliphatic heterocycles. The van der Waals surface area contributed by atoms with E-state index in [2.05, 4.69) is 25.2 Å². The highest BCUT2D eigenvalue weighted by Gasteiger charge is 2.29.